The van der Waals surface area contributed by atoms with Crippen molar-refractivity contribution in [3.8, 4) is 5.75 Å². The van der Waals surface area contributed by atoms with E-state index in [4.69, 9.17) is 9.47 Å². The maximum absolute atomic E-state index is 13.7. The fourth-order valence-corrected chi connectivity index (χ4v) is 4.98. The van der Waals surface area contributed by atoms with Gasteiger partial charge in [-0.25, -0.2) is 0 Å². The lowest BCUT2D eigenvalue weighted by Crippen LogP contribution is -2.59. The standard InChI is InChI=1S/C22H30N2O4/c1-3-24-19(25)8-13-23(16-21(24)11-14-28-15-12-21)20(26)22(9-10-22)17-4-6-18(27-2)7-5-17/h4-7H,3,8-16H2,1-2H3. The van der Waals surface area contributed by atoms with Crippen LogP contribution >= 0.6 is 0 Å². The molecule has 28 heavy (non-hydrogen) atoms. The monoisotopic (exact) mass is 386 g/mol. The van der Waals surface area contributed by atoms with E-state index in [1.807, 2.05) is 41.0 Å². The minimum Gasteiger partial charge on any atom is -0.497 e. The Hall–Kier alpha value is -2.08. The van der Waals surface area contributed by atoms with Gasteiger partial charge in [-0.1, -0.05) is 12.1 Å². The molecule has 1 aromatic rings. The molecule has 1 saturated carbocycles. The molecule has 152 valence electrons. The molecule has 6 heteroatoms. The lowest BCUT2D eigenvalue weighted by atomic mass is 9.86. The van der Waals surface area contributed by atoms with Crippen molar-refractivity contribution < 1.29 is 19.1 Å². The average Bonchev–Trinajstić information content (AvgIpc) is 3.54. The molecule has 3 fully saturated rings. The zero-order chi connectivity index (χ0) is 19.8. The third kappa shape index (κ3) is 3.17. The Labute approximate surface area is 166 Å². The molecule has 2 aliphatic heterocycles. The summed E-state index contributed by atoms with van der Waals surface area (Å²) >= 11 is 0. The van der Waals surface area contributed by atoms with Gasteiger partial charge in [0.2, 0.25) is 11.8 Å². The summed E-state index contributed by atoms with van der Waals surface area (Å²) in [5, 5.41) is 0. The number of carbonyl (C=O) groups is 2. The quantitative estimate of drug-likeness (QED) is 0.797. The summed E-state index contributed by atoms with van der Waals surface area (Å²) in [5.74, 6) is 1.13. The molecule has 1 aromatic carbocycles. The highest BCUT2D eigenvalue weighted by atomic mass is 16.5. The number of methoxy groups -OCH3 is 1. The molecule has 0 bridgehead atoms. The zero-order valence-corrected chi connectivity index (χ0v) is 16.9. The van der Waals surface area contributed by atoms with Gasteiger partial charge >= 0.3 is 0 Å². The van der Waals surface area contributed by atoms with Crippen LogP contribution in [0.25, 0.3) is 0 Å². The lowest BCUT2D eigenvalue weighted by Gasteiger charge is -2.46. The van der Waals surface area contributed by atoms with E-state index in [0.29, 0.717) is 39.3 Å². The molecule has 2 heterocycles. The van der Waals surface area contributed by atoms with Crippen LogP contribution in [0.1, 0.15) is 44.6 Å². The molecule has 0 atom stereocenters. The molecule has 1 aliphatic carbocycles. The number of ether oxygens (including phenoxy) is 2. The Morgan fingerprint density at radius 2 is 1.82 bits per heavy atom. The number of nitrogens with zero attached hydrogens (tertiary/aromatic N) is 2. The minimum atomic E-state index is -0.428. The van der Waals surface area contributed by atoms with Crippen LogP contribution in [-0.2, 0) is 19.7 Å². The van der Waals surface area contributed by atoms with E-state index < -0.39 is 5.41 Å². The van der Waals surface area contributed by atoms with Gasteiger partial charge in [0, 0.05) is 39.3 Å². The number of hydrogen-bond acceptors (Lipinski definition) is 4. The maximum Gasteiger partial charge on any atom is 0.233 e. The molecular formula is C22H30N2O4. The molecule has 0 unspecified atom stereocenters. The van der Waals surface area contributed by atoms with Crippen molar-refractivity contribution in [2.24, 2.45) is 0 Å². The predicted octanol–water partition coefficient (Wildman–Crippen LogP) is 2.36. The first-order valence-electron chi connectivity index (χ1n) is 10.4. The minimum absolute atomic E-state index is 0.161. The van der Waals surface area contributed by atoms with Crippen LogP contribution in [-0.4, -0.2) is 67.1 Å². The Balaban J connectivity index is 1.60. The van der Waals surface area contributed by atoms with Crippen LogP contribution in [0.3, 0.4) is 0 Å². The van der Waals surface area contributed by atoms with Gasteiger partial charge < -0.3 is 19.3 Å². The van der Waals surface area contributed by atoms with E-state index in [1.54, 1.807) is 7.11 Å². The molecule has 1 spiro atoms. The summed E-state index contributed by atoms with van der Waals surface area (Å²) in [6, 6.07) is 7.87. The van der Waals surface area contributed by atoms with Crippen molar-refractivity contribution in [1.29, 1.82) is 0 Å². The van der Waals surface area contributed by atoms with Crippen molar-refractivity contribution in [2.45, 2.75) is 50.0 Å². The van der Waals surface area contributed by atoms with E-state index in [2.05, 4.69) is 0 Å². The normalized spacial score (nSPS) is 23.4. The largest absolute Gasteiger partial charge is 0.497 e. The number of benzene rings is 1. The van der Waals surface area contributed by atoms with Gasteiger partial charge in [0.25, 0.3) is 0 Å². The average molecular weight is 386 g/mol. The van der Waals surface area contributed by atoms with Crippen molar-refractivity contribution in [1.82, 2.24) is 9.80 Å². The summed E-state index contributed by atoms with van der Waals surface area (Å²) in [5.41, 5.74) is 0.345. The van der Waals surface area contributed by atoms with Crippen LogP contribution in [0.2, 0.25) is 0 Å². The van der Waals surface area contributed by atoms with Crippen LogP contribution in [0.15, 0.2) is 24.3 Å². The molecule has 2 saturated heterocycles. The summed E-state index contributed by atoms with van der Waals surface area (Å²) < 4.78 is 10.8. The smallest absolute Gasteiger partial charge is 0.233 e. The molecule has 0 radical (unpaired) electrons. The molecule has 3 aliphatic rings. The van der Waals surface area contributed by atoms with Gasteiger partial charge in [-0.3, -0.25) is 9.59 Å². The Morgan fingerprint density at radius 3 is 2.39 bits per heavy atom. The van der Waals surface area contributed by atoms with E-state index in [1.165, 1.54) is 0 Å². The molecule has 6 nitrogen and oxygen atoms in total. The number of rotatable bonds is 4. The second kappa shape index (κ2) is 7.39. The predicted molar refractivity (Wildman–Crippen MR) is 105 cm³/mol. The van der Waals surface area contributed by atoms with E-state index >= 15 is 0 Å². The van der Waals surface area contributed by atoms with E-state index in [-0.39, 0.29) is 17.4 Å². The summed E-state index contributed by atoms with van der Waals surface area (Å²) in [6.07, 6.45) is 3.74. The van der Waals surface area contributed by atoms with Gasteiger partial charge in [-0.2, -0.15) is 0 Å². The number of likely N-dealkylation sites (N-methyl/N-ethyl adjacent to an activating group) is 1. The molecule has 4 rings (SSSR count). The summed E-state index contributed by atoms with van der Waals surface area (Å²) in [7, 11) is 1.65. The fourth-order valence-electron chi connectivity index (χ4n) is 4.98. The Kier molecular flexibility index (Phi) is 5.08. The first-order valence-corrected chi connectivity index (χ1v) is 10.4. The number of hydrogen-bond donors (Lipinski definition) is 0. The molecule has 2 amide bonds. The summed E-state index contributed by atoms with van der Waals surface area (Å²) in [6.45, 7) is 5.14. The van der Waals surface area contributed by atoms with E-state index in [0.717, 1.165) is 37.0 Å². The van der Waals surface area contributed by atoms with Crippen molar-refractivity contribution in [3.63, 3.8) is 0 Å². The topological polar surface area (TPSA) is 59.1 Å². The van der Waals surface area contributed by atoms with Crippen molar-refractivity contribution in [2.75, 3.05) is 40.0 Å². The van der Waals surface area contributed by atoms with Crippen LogP contribution in [0, 0.1) is 0 Å². The van der Waals surface area contributed by atoms with Gasteiger partial charge in [0.1, 0.15) is 5.75 Å². The fraction of sp³-hybridized carbons (Fsp3) is 0.636. The highest BCUT2D eigenvalue weighted by molar-refractivity contribution is 5.92. The van der Waals surface area contributed by atoms with Crippen LogP contribution < -0.4 is 4.74 Å². The third-order valence-electron chi connectivity index (χ3n) is 6.78. The third-order valence-corrected chi connectivity index (χ3v) is 6.78. The van der Waals surface area contributed by atoms with Crippen LogP contribution in [0.4, 0.5) is 0 Å². The molecule has 0 N–H and O–H groups in total. The number of carbonyl (C=O) groups excluding carboxylic acids is 2. The zero-order valence-electron chi connectivity index (χ0n) is 16.9. The highest BCUT2D eigenvalue weighted by Crippen LogP contribution is 2.50. The second-order valence-electron chi connectivity index (χ2n) is 8.26. The Morgan fingerprint density at radius 1 is 1.14 bits per heavy atom. The van der Waals surface area contributed by atoms with Gasteiger partial charge in [0.15, 0.2) is 0 Å². The summed E-state index contributed by atoms with van der Waals surface area (Å²) in [4.78, 5) is 30.5. The first kappa shape index (κ1) is 19.2. The second-order valence-corrected chi connectivity index (χ2v) is 8.26. The van der Waals surface area contributed by atoms with E-state index in [9.17, 15) is 9.59 Å². The van der Waals surface area contributed by atoms with Gasteiger partial charge in [-0.15, -0.1) is 0 Å². The van der Waals surface area contributed by atoms with Crippen molar-refractivity contribution >= 4 is 11.8 Å². The highest BCUT2D eigenvalue weighted by Gasteiger charge is 2.55. The molecule has 0 aromatic heterocycles. The Bertz CT molecular complexity index is 735. The molecular weight excluding hydrogens is 356 g/mol. The SMILES string of the molecule is CCN1C(=O)CCN(C(=O)C2(c3ccc(OC)cc3)CC2)CC12CCOCC2. The maximum atomic E-state index is 13.7. The number of amides is 2. The van der Waals surface area contributed by atoms with Crippen LogP contribution in [0.5, 0.6) is 5.75 Å². The van der Waals surface area contributed by atoms with Gasteiger partial charge in [-0.05, 0) is 50.3 Å². The first-order chi connectivity index (χ1) is 13.5. The lowest BCUT2D eigenvalue weighted by molar-refractivity contribution is -0.142. The van der Waals surface area contributed by atoms with Gasteiger partial charge in [0.05, 0.1) is 18.1 Å². The van der Waals surface area contributed by atoms with Crippen molar-refractivity contribution in [3.05, 3.63) is 29.8 Å².